The van der Waals surface area contributed by atoms with Crippen LogP contribution in [-0.2, 0) is 28.8 Å². The third-order valence-corrected chi connectivity index (χ3v) is 6.95. The zero-order chi connectivity index (χ0) is 22.4. The van der Waals surface area contributed by atoms with Crippen molar-refractivity contribution < 1.29 is 28.8 Å². The molecule has 0 aliphatic carbocycles. The second-order valence-corrected chi connectivity index (χ2v) is 11.6. The normalized spacial score (nSPS) is 16.3. The van der Waals surface area contributed by atoms with Crippen LogP contribution in [0.3, 0.4) is 0 Å². The highest BCUT2D eigenvalue weighted by molar-refractivity contribution is 9.10. The van der Waals surface area contributed by atoms with Crippen molar-refractivity contribution in [2.75, 3.05) is 12.4 Å². The highest BCUT2D eigenvalue weighted by Gasteiger charge is 2.45. The molecule has 0 N–H and O–H groups in total. The Bertz CT molecular complexity index is 787. The van der Waals surface area contributed by atoms with E-state index >= 15 is 0 Å². The fourth-order valence-corrected chi connectivity index (χ4v) is 5.15. The van der Waals surface area contributed by atoms with Crippen LogP contribution in [0.15, 0.2) is 29.4 Å². The summed E-state index contributed by atoms with van der Waals surface area (Å²) in [4.78, 5) is 57.4. The number of alkyl halides is 1. The lowest BCUT2D eigenvalue weighted by atomic mass is 9.83. The standard InChI is InChI=1S/C19H23BrN2O6S2/c1-18(2,16(25)27-10-11-29-30-13-6-4-5-9-21-13)12-19(3,20)17(26)28-22-14(23)7-8-15(22)24/h4-6,9H,7-8,10-12H2,1-3H3. The first kappa shape index (κ1) is 24.7. The van der Waals surface area contributed by atoms with Crippen molar-refractivity contribution in [2.45, 2.75) is 49.4 Å². The molecule has 1 saturated heterocycles. The Morgan fingerprint density at radius 2 is 1.83 bits per heavy atom. The van der Waals surface area contributed by atoms with Gasteiger partial charge in [-0.3, -0.25) is 14.4 Å². The summed E-state index contributed by atoms with van der Waals surface area (Å²) in [5, 5.41) is 1.36. The molecule has 1 aromatic heterocycles. The fraction of sp³-hybridized carbons (Fsp3) is 0.526. The minimum absolute atomic E-state index is 0.0135. The predicted octanol–water partition coefficient (Wildman–Crippen LogP) is 3.54. The Morgan fingerprint density at radius 3 is 2.43 bits per heavy atom. The van der Waals surface area contributed by atoms with E-state index in [1.54, 1.807) is 20.0 Å². The van der Waals surface area contributed by atoms with Crippen molar-refractivity contribution >= 4 is 61.3 Å². The van der Waals surface area contributed by atoms with E-state index < -0.39 is 33.5 Å². The fourth-order valence-electron chi connectivity index (χ4n) is 2.67. The van der Waals surface area contributed by atoms with Gasteiger partial charge in [-0.05, 0) is 50.1 Å². The van der Waals surface area contributed by atoms with E-state index in [9.17, 15) is 19.2 Å². The van der Waals surface area contributed by atoms with E-state index in [4.69, 9.17) is 9.57 Å². The molecule has 1 unspecified atom stereocenters. The van der Waals surface area contributed by atoms with Gasteiger partial charge in [0, 0.05) is 24.8 Å². The predicted molar refractivity (Wildman–Crippen MR) is 116 cm³/mol. The monoisotopic (exact) mass is 518 g/mol. The summed E-state index contributed by atoms with van der Waals surface area (Å²) >= 11 is 3.27. The first-order valence-electron chi connectivity index (χ1n) is 9.18. The van der Waals surface area contributed by atoms with E-state index in [2.05, 4.69) is 20.9 Å². The van der Waals surface area contributed by atoms with Crippen molar-refractivity contribution in [3.05, 3.63) is 24.4 Å². The number of halogens is 1. The van der Waals surface area contributed by atoms with Gasteiger partial charge in [-0.15, -0.1) is 5.06 Å². The SMILES string of the molecule is CC(C)(CC(C)(Br)C(=O)ON1C(=O)CCC1=O)C(=O)OCCSSc1ccccn1. The van der Waals surface area contributed by atoms with Crippen LogP contribution in [0.25, 0.3) is 0 Å². The topological polar surface area (TPSA) is 103 Å². The summed E-state index contributed by atoms with van der Waals surface area (Å²) in [5.41, 5.74) is -1.00. The molecule has 1 atom stereocenters. The zero-order valence-electron chi connectivity index (χ0n) is 16.9. The van der Waals surface area contributed by atoms with Gasteiger partial charge in [0.25, 0.3) is 11.8 Å². The van der Waals surface area contributed by atoms with E-state index in [1.807, 2.05) is 18.2 Å². The van der Waals surface area contributed by atoms with Crippen molar-refractivity contribution in [1.82, 2.24) is 10.0 Å². The van der Waals surface area contributed by atoms with Crippen LogP contribution in [0.1, 0.15) is 40.0 Å². The van der Waals surface area contributed by atoms with Crippen molar-refractivity contribution in [2.24, 2.45) is 5.41 Å². The molecule has 11 heteroatoms. The lowest BCUT2D eigenvalue weighted by molar-refractivity contribution is -0.199. The number of amides is 2. The highest BCUT2D eigenvalue weighted by Crippen LogP contribution is 2.36. The van der Waals surface area contributed by atoms with Crippen LogP contribution in [0.5, 0.6) is 0 Å². The third kappa shape index (κ3) is 6.98. The minimum Gasteiger partial charge on any atom is -0.464 e. The molecule has 30 heavy (non-hydrogen) atoms. The van der Waals surface area contributed by atoms with Gasteiger partial charge in [0.15, 0.2) is 0 Å². The van der Waals surface area contributed by atoms with Gasteiger partial charge in [0.2, 0.25) is 0 Å². The second-order valence-electron chi connectivity index (χ2n) is 7.43. The molecule has 8 nitrogen and oxygen atoms in total. The van der Waals surface area contributed by atoms with Gasteiger partial charge in [-0.1, -0.05) is 32.8 Å². The molecule has 0 spiro atoms. The number of esters is 1. The van der Waals surface area contributed by atoms with Gasteiger partial charge >= 0.3 is 11.9 Å². The van der Waals surface area contributed by atoms with Crippen LogP contribution in [0.2, 0.25) is 0 Å². The largest absolute Gasteiger partial charge is 0.464 e. The molecule has 1 fully saturated rings. The maximum absolute atomic E-state index is 12.5. The Morgan fingerprint density at radius 1 is 1.17 bits per heavy atom. The summed E-state index contributed by atoms with van der Waals surface area (Å²) < 4.78 is 4.06. The Labute approximate surface area is 191 Å². The quantitative estimate of drug-likeness (QED) is 0.151. The average molecular weight is 519 g/mol. The molecular formula is C19H23BrN2O6S2. The van der Waals surface area contributed by atoms with Crippen LogP contribution < -0.4 is 0 Å². The number of hydrogen-bond donors (Lipinski definition) is 0. The number of nitrogens with zero attached hydrogens (tertiary/aromatic N) is 2. The van der Waals surface area contributed by atoms with E-state index in [1.165, 1.54) is 28.5 Å². The molecule has 1 aromatic rings. The molecule has 1 aliphatic heterocycles. The number of carbonyl (C=O) groups excluding carboxylic acids is 4. The third-order valence-electron chi connectivity index (χ3n) is 4.11. The first-order valence-corrected chi connectivity index (χ1v) is 12.3. The molecule has 2 heterocycles. The summed E-state index contributed by atoms with van der Waals surface area (Å²) in [6.45, 7) is 5.05. The van der Waals surface area contributed by atoms with Crippen LogP contribution in [-0.4, -0.2) is 50.5 Å². The van der Waals surface area contributed by atoms with Crippen LogP contribution >= 0.6 is 37.5 Å². The van der Waals surface area contributed by atoms with Gasteiger partial charge < -0.3 is 9.57 Å². The number of pyridine rings is 1. The molecule has 164 valence electrons. The van der Waals surface area contributed by atoms with Crippen LogP contribution in [0, 0.1) is 5.41 Å². The van der Waals surface area contributed by atoms with Gasteiger partial charge in [0.1, 0.15) is 16.0 Å². The number of ether oxygens (including phenoxy) is 1. The summed E-state index contributed by atoms with van der Waals surface area (Å²) in [7, 11) is 3.01. The Kier molecular flexibility index (Phi) is 8.74. The van der Waals surface area contributed by atoms with E-state index in [0.29, 0.717) is 10.8 Å². The molecular weight excluding hydrogens is 496 g/mol. The lowest BCUT2D eigenvalue weighted by Gasteiger charge is -2.30. The van der Waals surface area contributed by atoms with Gasteiger partial charge in [-0.25, -0.2) is 9.78 Å². The number of hydroxylamine groups is 2. The molecule has 2 rings (SSSR count). The van der Waals surface area contributed by atoms with Crippen LogP contribution in [0.4, 0.5) is 0 Å². The van der Waals surface area contributed by atoms with Crippen molar-refractivity contribution in [3.8, 4) is 0 Å². The average Bonchev–Trinajstić information content (AvgIpc) is 2.99. The Hall–Kier alpha value is -1.59. The highest BCUT2D eigenvalue weighted by atomic mass is 79.9. The number of aromatic nitrogens is 1. The van der Waals surface area contributed by atoms with E-state index in [-0.39, 0.29) is 25.9 Å². The maximum atomic E-state index is 12.5. The van der Waals surface area contributed by atoms with Gasteiger partial charge in [0.05, 0.1) is 5.41 Å². The number of hydrogen-bond acceptors (Lipinski definition) is 9. The van der Waals surface area contributed by atoms with Gasteiger partial charge in [-0.2, -0.15) is 0 Å². The second kappa shape index (κ2) is 10.6. The molecule has 0 bridgehead atoms. The summed E-state index contributed by atoms with van der Waals surface area (Å²) in [6, 6.07) is 5.63. The summed E-state index contributed by atoms with van der Waals surface area (Å²) in [6.07, 6.45) is 1.78. The number of rotatable bonds is 10. The lowest BCUT2D eigenvalue weighted by Crippen LogP contribution is -2.43. The smallest absolute Gasteiger partial charge is 0.349 e. The van der Waals surface area contributed by atoms with Crippen molar-refractivity contribution in [1.29, 1.82) is 0 Å². The molecule has 0 radical (unpaired) electrons. The molecule has 1 aliphatic rings. The summed E-state index contributed by atoms with van der Waals surface area (Å²) in [5.74, 6) is -1.82. The Balaban J connectivity index is 1.79. The first-order chi connectivity index (χ1) is 14.0. The van der Waals surface area contributed by atoms with E-state index in [0.717, 1.165) is 5.03 Å². The molecule has 2 amide bonds. The minimum atomic E-state index is -1.29. The number of imide groups is 1. The maximum Gasteiger partial charge on any atom is 0.349 e. The van der Waals surface area contributed by atoms with Crippen molar-refractivity contribution in [3.63, 3.8) is 0 Å². The molecule has 0 saturated carbocycles. The zero-order valence-corrected chi connectivity index (χ0v) is 20.1. The number of carbonyl (C=O) groups is 4. The molecule has 0 aromatic carbocycles.